The second-order valence-corrected chi connectivity index (χ2v) is 7.38. The number of para-hydroxylation sites is 2. The highest BCUT2D eigenvalue weighted by molar-refractivity contribution is 7.10. The van der Waals surface area contributed by atoms with Crippen molar-refractivity contribution in [3.05, 3.63) is 68.8 Å². The lowest BCUT2D eigenvalue weighted by molar-refractivity contribution is 0.427. The zero-order valence-electron chi connectivity index (χ0n) is 14.3. The van der Waals surface area contributed by atoms with Gasteiger partial charge in [-0.05, 0) is 31.2 Å². The molecule has 1 aromatic heterocycles. The summed E-state index contributed by atoms with van der Waals surface area (Å²) >= 11 is 7.61. The number of nitrogens with zero attached hydrogens (tertiary/aromatic N) is 3. The monoisotopic (exact) mass is 381 g/mol. The maximum absolute atomic E-state index is 10.6. The third-order valence-electron chi connectivity index (χ3n) is 4.24. The van der Waals surface area contributed by atoms with Gasteiger partial charge in [0.1, 0.15) is 0 Å². The van der Waals surface area contributed by atoms with Crippen molar-refractivity contribution in [1.29, 1.82) is 0 Å². The average molecular weight is 382 g/mol. The molecule has 4 rings (SSSR count). The fourth-order valence-corrected chi connectivity index (χ4v) is 4.00. The standard InChI is InChI=1S/C20H16ClN3OS/c1-12-14(13-7-3-5-9-16(13)22-12)11-18-19(25)24(2)20(26-18)23-17-10-6-4-8-15(17)21/h3-11,25H,1-2H3/b14-11+,23-20?. The summed E-state index contributed by atoms with van der Waals surface area (Å²) in [6, 6.07) is 15.4. The second-order valence-electron chi connectivity index (χ2n) is 5.97. The third-order valence-corrected chi connectivity index (χ3v) is 5.63. The molecule has 0 radical (unpaired) electrons. The molecule has 0 unspecified atom stereocenters. The van der Waals surface area contributed by atoms with Gasteiger partial charge < -0.3 is 5.11 Å². The number of hydrogen-bond acceptors (Lipinski definition) is 4. The van der Waals surface area contributed by atoms with E-state index in [2.05, 4.69) is 9.98 Å². The minimum atomic E-state index is 0.172. The van der Waals surface area contributed by atoms with Crippen molar-refractivity contribution >= 4 is 51.7 Å². The fourth-order valence-electron chi connectivity index (χ4n) is 2.85. The van der Waals surface area contributed by atoms with Gasteiger partial charge in [0.25, 0.3) is 0 Å². The lowest BCUT2D eigenvalue weighted by atomic mass is 10.0. The molecule has 0 atom stereocenters. The normalized spacial score (nSPS) is 15.4. The second kappa shape index (κ2) is 6.59. The van der Waals surface area contributed by atoms with Gasteiger partial charge >= 0.3 is 0 Å². The van der Waals surface area contributed by atoms with E-state index in [9.17, 15) is 5.11 Å². The Kier molecular flexibility index (Phi) is 4.26. The smallest absolute Gasteiger partial charge is 0.210 e. The van der Waals surface area contributed by atoms with Crippen molar-refractivity contribution in [2.45, 2.75) is 6.92 Å². The number of allylic oxidation sites excluding steroid dienone is 1. The molecule has 1 aliphatic heterocycles. The van der Waals surface area contributed by atoms with Gasteiger partial charge in [-0.15, -0.1) is 0 Å². The highest BCUT2D eigenvalue weighted by atomic mass is 35.5. The summed E-state index contributed by atoms with van der Waals surface area (Å²) in [7, 11) is 1.78. The molecule has 0 fully saturated rings. The van der Waals surface area contributed by atoms with Crippen LogP contribution in [0.15, 0.2) is 58.5 Å². The first-order chi connectivity index (χ1) is 12.5. The maximum Gasteiger partial charge on any atom is 0.210 e. The van der Waals surface area contributed by atoms with Crippen molar-refractivity contribution in [1.82, 2.24) is 4.57 Å². The van der Waals surface area contributed by atoms with Crippen LogP contribution in [0.5, 0.6) is 5.88 Å². The summed E-state index contributed by atoms with van der Waals surface area (Å²) in [5, 5.41) is 11.1. The summed E-state index contributed by atoms with van der Waals surface area (Å²) in [5.41, 5.74) is 4.66. The number of thiazole rings is 1. The van der Waals surface area contributed by atoms with Crippen LogP contribution in [0.3, 0.4) is 0 Å². The van der Waals surface area contributed by atoms with Crippen LogP contribution in [0, 0.1) is 0 Å². The van der Waals surface area contributed by atoms with Crippen LogP contribution in [0.1, 0.15) is 17.4 Å². The van der Waals surface area contributed by atoms with Gasteiger partial charge in [0.2, 0.25) is 5.88 Å². The number of fused-ring (bicyclic) bond motifs is 1. The molecule has 0 aliphatic carbocycles. The molecule has 0 saturated carbocycles. The van der Waals surface area contributed by atoms with Crippen LogP contribution in [0.4, 0.5) is 11.4 Å². The Hall–Kier alpha value is -2.63. The molecule has 130 valence electrons. The third kappa shape index (κ3) is 2.89. The van der Waals surface area contributed by atoms with Gasteiger partial charge in [0.05, 0.1) is 21.3 Å². The predicted octanol–water partition coefficient (Wildman–Crippen LogP) is 5.32. The molecule has 6 heteroatoms. The number of aromatic nitrogens is 1. The first-order valence-corrected chi connectivity index (χ1v) is 9.29. The van der Waals surface area contributed by atoms with Crippen LogP contribution in [0.2, 0.25) is 5.02 Å². The van der Waals surface area contributed by atoms with Crippen molar-refractivity contribution in [3.63, 3.8) is 0 Å². The average Bonchev–Trinajstić information content (AvgIpc) is 3.09. The molecular formula is C20H16ClN3OS. The Morgan fingerprint density at radius 1 is 1.15 bits per heavy atom. The number of halogens is 1. The highest BCUT2D eigenvalue weighted by Crippen LogP contribution is 2.37. The van der Waals surface area contributed by atoms with Crippen molar-refractivity contribution < 1.29 is 5.11 Å². The van der Waals surface area contributed by atoms with Crippen molar-refractivity contribution in [2.24, 2.45) is 17.0 Å². The summed E-state index contributed by atoms with van der Waals surface area (Å²) < 4.78 is 1.66. The largest absolute Gasteiger partial charge is 0.493 e. The molecule has 2 heterocycles. The summed E-state index contributed by atoms with van der Waals surface area (Å²) in [4.78, 5) is 10.6. The molecule has 0 amide bonds. The number of rotatable bonds is 2. The predicted molar refractivity (Wildman–Crippen MR) is 109 cm³/mol. The van der Waals surface area contributed by atoms with Crippen LogP contribution in [-0.2, 0) is 7.05 Å². The number of aliphatic imine (C=N–C) groups is 1. The van der Waals surface area contributed by atoms with Gasteiger partial charge in [0, 0.05) is 23.9 Å². The molecule has 0 saturated heterocycles. The molecule has 0 spiro atoms. The minimum Gasteiger partial charge on any atom is -0.493 e. The Labute approximate surface area is 160 Å². The SMILES string of the molecule is CC1=Nc2ccccc2/C1=C/c1sc(=Nc2ccccc2Cl)n(C)c1O. The van der Waals surface area contributed by atoms with Gasteiger partial charge in [-0.1, -0.05) is 53.3 Å². The first-order valence-electron chi connectivity index (χ1n) is 8.09. The van der Waals surface area contributed by atoms with Crippen molar-refractivity contribution in [2.75, 3.05) is 0 Å². The van der Waals surface area contributed by atoms with E-state index in [0.717, 1.165) is 27.4 Å². The molecule has 1 N–H and O–H groups in total. The molecule has 3 aromatic rings. The van der Waals surface area contributed by atoms with E-state index >= 15 is 0 Å². The summed E-state index contributed by atoms with van der Waals surface area (Å²) in [6.45, 7) is 1.98. The molecule has 0 bridgehead atoms. The van der Waals surface area contributed by atoms with Gasteiger partial charge in [0.15, 0.2) is 4.80 Å². The Bertz CT molecular complexity index is 1140. The number of aromatic hydroxyl groups is 1. The summed E-state index contributed by atoms with van der Waals surface area (Å²) in [6.07, 6.45) is 1.97. The lowest BCUT2D eigenvalue weighted by Crippen LogP contribution is -2.08. The molecule has 2 aromatic carbocycles. The quantitative estimate of drug-likeness (QED) is 0.641. The van der Waals surface area contributed by atoms with E-state index in [4.69, 9.17) is 11.6 Å². The van der Waals surface area contributed by atoms with Gasteiger partial charge in [-0.25, -0.2) is 4.99 Å². The van der Waals surface area contributed by atoms with Gasteiger partial charge in [-0.3, -0.25) is 9.56 Å². The number of hydrogen-bond donors (Lipinski definition) is 1. The molecule has 1 aliphatic rings. The Balaban J connectivity index is 1.83. The van der Waals surface area contributed by atoms with E-state index < -0.39 is 0 Å². The van der Waals surface area contributed by atoms with Crippen molar-refractivity contribution in [3.8, 4) is 5.88 Å². The van der Waals surface area contributed by atoms with Crippen LogP contribution < -0.4 is 4.80 Å². The Morgan fingerprint density at radius 2 is 1.88 bits per heavy atom. The van der Waals surface area contributed by atoms with E-state index in [0.29, 0.717) is 15.5 Å². The van der Waals surface area contributed by atoms with E-state index in [1.165, 1.54) is 11.3 Å². The van der Waals surface area contributed by atoms with Crippen LogP contribution in [-0.4, -0.2) is 15.4 Å². The molecule has 26 heavy (non-hydrogen) atoms. The zero-order valence-corrected chi connectivity index (χ0v) is 15.8. The molecule has 4 nitrogen and oxygen atoms in total. The maximum atomic E-state index is 10.6. The fraction of sp³-hybridized carbons (Fsp3) is 0.100. The number of benzene rings is 2. The van der Waals surface area contributed by atoms with Crippen LogP contribution in [0.25, 0.3) is 11.6 Å². The summed E-state index contributed by atoms with van der Waals surface area (Å²) in [5.74, 6) is 0.172. The van der Waals surface area contributed by atoms with Crippen LogP contribution >= 0.6 is 22.9 Å². The lowest BCUT2D eigenvalue weighted by Gasteiger charge is -2.01. The van der Waals surface area contributed by atoms with Gasteiger partial charge in [-0.2, -0.15) is 0 Å². The van der Waals surface area contributed by atoms with E-state index in [1.54, 1.807) is 17.7 Å². The van der Waals surface area contributed by atoms with E-state index in [-0.39, 0.29) is 5.88 Å². The highest BCUT2D eigenvalue weighted by Gasteiger charge is 2.18. The van der Waals surface area contributed by atoms with E-state index in [1.807, 2.05) is 55.5 Å². The Morgan fingerprint density at radius 3 is 2.69 bits per heavy atom. The first kappa shape index (κ1) is 16.8. The topological polar surface area (TPSA) is 49.9 Å². The minimum absolute atomic E-state index is 0.172. The molecular weight excluding hydrogens is 366 g/mol. The zero-order chi connectivity index (χ0) is 18.3.